The zero-order chi connectivity index (χ0) is 36.3. The van der Waals surface area contributed by atoms with E-state index in [-0.39, 0.29) is 19.6 Å². The number of hydrogen-bond acceptors (Lipinski definition) is 7. The predicted molar refractivity (Wildman–Crippen MR) is 205 cm³/mol. The smallest absolute Gasteiger partial charge is 0.303 e. The predicted octanol–water partition coefficient (Wildman–Crippen LogP) is 9.19. The van der Waals surface area contributed by atoms with Crippen LogP contribution in [0.15, 0.2) is 95.7 Å². The fraction of sp³-hybridized carbons (Fsp3) is 0.244. The highest BCUT2D eigenvalue weighted by molar-refractivity contribution is 9.10. The molecular formula is C41H40BrClN4O4. The summed E-state index contributed by atoms with van der Waals surface area (Å²) in [5.41, 5.74) is 9.81. The Morgan fingerprint density at radius 1 is 0.922 bits per heavy atom. The molecule has 2 N–H and O–H groups in total. The molecule has 5 rings (SSSR count). The Morgan fingerprint density at radius 2 is 1.65 bits per heavy atom. The Labute approximate surface area is 312 Å². The number of carboxylic acids is 1. The van der Waals surface area contributed by atoms with Gasteiger partial charge in [-0.15, -0.1) is 0 Å². The molecule has 0 aliphatic rings. The van der Waals surface area contributed by atoms with Gasteiger partial charge in [0.05, 0.1) is 10.6 Å². The summed E-state index contributed by atoms with van der Waals surface area (Å²) in [6.45, 7) is 4.40. The summed E-state index contributed by atoms with van der Waals surface area (Å²) >= 11 is 10.7. The summed E-state index contributed by atoms with van der Waals surface area (Å²) in [5.74, 6) is 0.196. The number of nitriles is 1. The number of nitrogens with one attached hydrogen (secondary N) is 1. The van der Waals surface area contributed by atoms with Crippen LogP contribution in [0.1, 0.15) is 46.2 Å². The van der Waals surface area contributed by atoms with Gasteiger partial charge in [0.15, 0.2) is 0 Å². The van der Waals surface area contributed by atoms with Crippen molar-refractivity contribution in [2.24, 2.45) is 0 Å². The molecule has 262 valence electrons. The second-order valence-electron chi connectivity index (χ2n) is 12.5. The first kappa shape index (κ1) is 37.5. The Kier molecular flexibility index (Phi) is 13.2. The van der Waals surface area contributed by atoms with Gasteiger partial charge in [-0.25, -0.2) is 0 Å². The van der Waals surface area contributed by atoms with Crippen LogP contribution in [0.3, 0.4) is 0 Å². The third kappa shape index (κ3) is 10.2. The Balaban J connectivity index is 1.36. The van der Waals surface area contributed by atoms with Gasteiger partial charge in [-0.2, -0.15) is 5.26 Å². The Bertz CT molecular complexity index is 2030. The molecule has 0 atom stereocenters. The van der Waals surface area contributed by atoms with E-state index in [1.165, 1.54) is 11.8 Å². The minimum absolute atomic E-state index is 0.0835. The number of benzene rings is 4. The van der Waals surface area contributed by atoms with E-state index in [1.807, 2.05) is 6.07 Å². The maximum Gasteiger partial charge on any atom is 0.303 e. The largest absolute Gasteiger partial charge is 0.488 e. The molecule has 0 amide bonds. The molecule has 0 saturated carbocycles. The van der Waals surface area contributed by atoms with E-state index < -0.39 is 5.97 Å². The molecule has 5 aromatic rings. The van der Waals surface area contributed by atoms with Crippen molar-refractivity contribution < 1.29 is 19.4 Å². The van der Waals surface area contributed by atoms with E-state index in [0.717, 1.165) is 55.5 Å². The van der Waals surface area contributed by atoms with Gasteiger partial charge in [-0.05, 0) is 101 Å². The van der Waals surface area contributed by atoms with Crippen LogP contribution in [0.2, 0.25) is 5.02 Å². The molecule has 10 heteroatoms. The summed E-state index contributed by atoms with van der Waals surface area (Å²) in [6.07, 6.45) is 3.74. The molecule has 4 aromatic carbocycles. The summed E-state index contributed by atoms with van der Waals surface area (Å²) in [5, 5.41) is 21.9. The number of aromatic nitrogens is 1. The van der Waals surface area contributed by atoms with E-state index >= 15 is 0 Å². The van der Waals surface area contributed by atoms with Crippen molar-refractivity contribution >= 4 is 33.5 Å². The maximum atomic E-state index is 10.9. The Morgan fingerprint density at radius 3 is 2.39 bits per heavy atom. The van der Waals surface area contributed by atoms with Crippen LogP contribution >= 0.6 is 27.5 Å². The molecule has 0 fully saturated rings. The molecule has 1 heterocycles. The lowest BCUT2D eigenvalue weighted by Gasteiger charge is -2.18. The number of rotatable bonds is 16. The quantitative estimate of drug-likeness (QED) is 0.0958. The number of aliphatic carboxylic acids is 1. The zero-order valence-corrected chi connectivity index (χ0v) is 31.2. The average molecular weight is 768 g/mol. The van der Waals surface area contributed by atoms with Gasteiger partial charge in [0.1, 0.15) is 30.8 Å². The van der Waals surface area contributed by atoms with Crippen LogP contribution in [0.25, 0.3) is 22.3 Å². The number of carbonyl (C=O) groups is 1. The number of pyridine rings is 1. The molecule has 0 unspecified atom stereocenters. The molecule has 0 aliphatic heterocycles. The fourth-order valence-corrected chi connectivity index (χ4v) is 6.69. The summed E-state index contributed by atoms with van der Waals surface area (Å²) in [7, 11) is 4.14. The highest BCUT2D eigenvalue weighted by atomic mass is 79.9. The van der Waals surface area contributed by atoms with Gasteiger partial charge in [0.2, 0.25) is 0 Å². The van der Waals surface area contributed by atoms with Gasteiger partial charge in [0.25, 0.3) is 0 Å². The van der Waals surface area contributed by atoms with Gasteiger partial charge in [-0.3, -0.25) is 9.78 Å². The molecule has 0 spiro atoms. The van der Waals surface area contributed by atoms with E-state index in [9.17, 15) is 10.1 Å². The lowest BCUT2D eigenvalue weighted by molar-refractivity contribution is -0.137. The van der Waals surface area contributed by atoms with E-state index in [1.54, 1.807) is 24.4 Å². The van der Waals surface area contributed by atoms with Crippen LogP contribution in [0.4, 0.5) is 0 Å². The normalized spacial score (nSPS) is 11.0. The number of nitrogens with zero attached hydrogens (tertiary/aromatic N) is 3. The van der Waals surface area contributed by atoms with Crippen molar-refractivity contribution in [3.05, 3.63) is 134 Å². The number of hydrogen-bond donors (Lipinski definition) is 2. The number of carboxylic acid groups (broad SMARTS) is 1. The zero-order valence-electron chi connectivity index (χ0n) is 28.9. The highest BCUT2D eigenvalue weighted by Crippen LogP contribution is 2.39. The van der Waals surface area contributed by atoms with Gasteiger partial charge in [0, 0.05) is 53.6 Å². The lowest BCUT2D eigenvalue weighted by Crippen LogP contribution is -2.16. The summed E-state index contributed by atoms with van der Waals surface area (Å²) < 4.78 is 13.6. The topological polar surface area (TPSA) is 108 Å². The van der Waals surface area contributed by atoms with E-state index in [2.05, 4.69) is 113 Å². The fourth-order valence-electron chi connectivity index (χ4n) is 5.74. The highest BCUT2D eigenvalue weighted by Gasteiger charge is 2.16. The van der Waals surface area contributed by atoms with Gasteiger partial charge >= 0.3 is 5.97 Å². The van der Waals surface area contributed by atoms with E-state index in [4.69, 9.17) is 26.2 Å². The van der Waals surface area contributed by atoms with E-state index in [0.29, 0.717) is 41.6 Å². The van der Waals surface area contributed by atoms with Crippen molar-refractivity contribution in [1.29, 1.82) is 5.26 Å². The second-order valence-corrected chi connectivity index (χ2v) is 13.7. The first-order chi connectivity index (χ1) is 24.6. The van der Waals surface area contributed by atoms with Crippen LogP contribution in [0, 0.1) is 18.3 Å². The third-order valence-electron chi connectivity index (χ3n) is 8.37. The van der Waals surface area contributed by atoms with Gasteiger partial charge in [-0.1, -0.05) is 72.3 Å². The molecular weight excluding hydrogens is 728 g/mol. The standard InChI is InChI=1S/C41H40BrClN4O4/c1-27-32(7-4-8-34(27)36-10-5-9-35(41(36)42)31-14-12-28(13-15-31)24-47(2)3)26-51-39-19-38(50-25-30-17-29(20-44)21-46-22-30)33(18-37(39)43)23-45-16-6-11-40(48)49/h4-5,7-10,12-15,17-19,21-22,45H,6,11,16,23-26H2,1-3H3,(H,48,49). The second kappa shape index (κ2) is 18.0. The number of ether oxygens (including phenoxy) is 2. The van der Waals surface area contributed by atoms with Gasteiger partial charge < -0.3 is 24.8 Å². The lowest BCUT2D eigenvalue weighted by atomic mass is 9.94. The molecule has 0 saturated heterocycles. The molecule has 0 aliphatic carbocycles. The monoisotopic (exact) mass is 766 g/mol. The van der Waals surface area contributed by atoms with Crippen molar-refractivity contribution in [1.82, 2.24) is 15.2 Å². The number of halogens is 2. The minimum atomic E-state index is -0.831. The average Bonchev–Trinajstić information content (AvgIpc) is 3.11. The third-order valence-corrected chi connectivity index (χ3v) is 9.52. The maximum absolute atomic E-state index is 10.9. The first-order valence-corrected chi connectivity index (χ1v) is 17.8. The van der Waals surface area contributed by atoms with Crippen LogP contribution < -0.4 is 14.8 Å². The van der Waals surface area contributed by atoms with Crippen molar-refractivity contribution in [2.75, 3.05) is 20.6 Å². The van der Waals surface area contributed by atoms with Crippen LogP contribution in [0.5, 0.6) is 11.5 Å². The molecule has 1 aromatic heterocycles. The minimum Gasteiger partial charge on any atom is -0.488 e. The van der Waals surface area contributed by atoms with Crippen molar-refractivity contribution in [3.63, 3.8) is 0 Å². The molecule has 8 nitrogen and oxygen atoms in total. The molecule has 51 heavy (non-hydrogen) atoms. The molecule has 0 bridgehead atoms. The first-order valence-electron chi connectivity index (χ1n) is 16.6. The SMILES string of the molecule is Cc1c(COc2cc(OCc3cncc(C#N)c3)c(CNCCCC(=O)O)cc2Cl)cccc1-c1cccc(-c2ccc(CN(C)C)cc2)c1Br. The van der Waals surface area contributed by atoms with Crippen LogP contribution in [-0.2, 0) is 31.1 Å². The Hall–Kier alpha value is -4.72. The van der Waals surface area contributed by atoms with Crippen molar-refractivity contribution in [3.8, 4) is 39.8 Å². The summed E-state index contributed by atoms with van der Waals surface area (Å²) in [6, 6.07) is 28.7. The molecule has 0 radical (unpaired) electrons. The van der Waals surface area contributed by atoms with Crippen LogP contribution in [-0.4, -0.2) is 41.6 Å². The van der Waals surface area contributed by atoms with Crippen molar-refractivity contribution in [2.45, 2.75) is 46.1 Å². The summed E-state index contributed by atoms with van der Waals surface area (Å²) in [4.78, 5) is 17.2.